The smallest absolute Gasteiger partial charge is 0.434 e. The maximum atomic E-state index is 13.3. The van der Waals surface area contributed by atoms with Crippen molar-refractivity contribution in [3.05, 3.63) is 95.6 Å². The molecule has 40 heavy (non-hydrogen) atoms. The SMILES string of the molecule is CCC[C@@H](C=O)NC(=O)[C@H](C=C(C)C)NC(=O)C/C(=N/C(=O)OCc1ccccc1)c1cccc2ccccc12. The largest absolute Gasteiger partial charge is 0.443 e. The second-order valence-electron chi connectivity index (χ2n) is 9.63. The molecule has 0 fully saturated rings. The van der Waals surface area contributed by atoms with Gasteiger partial charge >= 0.3 is 6.09 Å². The summed E-state index contributed by atoms with van der Waals surface area (Å²) in [6.07, 6.45) is 2.41. The summed E-state index contributed by atoms with van der Waals surface area (Å²) in [6, 6.07) is 20.7. The zero-order valence-corrected chi connectivity index (χ0v) is 23.1. The van der Waals surface area contributed by atoms with E-state index >= 15 is 0 Å². The summed E-state index contributed by atoms with van der Waals surface area (Å²) in [5.74, 6) is -1.01. The molecule has 208 valence electrons. The van der Waals surface area contributed by atoms with Gasteiger partial charge in [0.05, 0.1) is 18.2 Å². The van der Waals surface area contributed by atoms with Crippen LogP contribution in [0.2, 0.25) is 0 Å². The van der Waals surface area contributed by atoms with Crippen LogP contribution in [0.1, 0.15) is 51.2 Å². The van der Waals surface area contributed by atoms with Crippen molar-refractivity contribution in [2.75, 3.05) is 0 Å². The molecule has 0 bridgehead atoms. The van der Waals surface area contributed by atoms with Crippen LogP contribution in [0, 0.1) is 0 Å². The summed E-state index contributed by atoms with van der Waals surface area (Å²) in [6.45, 7) is 5.57. The van der Waals surface area contributed by atoms with Gasteiger partial charge in [0.15, 0.2) is 0 Å². The fraction of sp³-hybridized carbons (Fsp3) is 0.281. The number of nitrogens with one attached hydrogen (secondary N) is 2. The Morgan fingerprint density at radius 2 is 1.62 bits per heavy atom. The number of carbonyl (C=O) groups is 4. The lowest BCUT2D eigenvalue weighted by Gasteiger charge is -2.19. The minimum absolute atomic E-state index is 0.0384. The molecular formula is C32H35N3O5. The van der Waals surface area contributed by atoms with E-state index in [1.807, 2.05) is 73.7 Å². The number of hydrogen-bond acceptors (Lipinski definition) is 5. The molecule has 0 aliphatic rings. The van der Waals surface area contributed by atoms with E-state index in [9.17, 15) is 19.2 Å². The van der Waals surface area contributed by atoms with E-state index in [0.29, 0.717) is 24.7 Å². The Morgan fingerprint density at radius 3 is 2.33 bits per heavy atom. The Balaban J connectivity index is 1.87. The van der Waals surface area contributed by atoms with Crippen LogP contribution in [0.4, 0.5) is 4.79 Å². The lowest BCUT2D eigenvalue weighted by molar-refractivity contribution is -0.128. The molecule has 3 aromatic rings. The highest BCUT2D eigenvalue weighted by Gasteiger charge is 2.23. The fourth-order valence-corrected chi connectivity index (χ4v) is 4.18. The van der Waals surface area contributed by atoms with Gasteiger partial charge in [-0.05, 0) is 36.6 Å². The molecule has 2 N–H and O–H groups in total. The van der Waals surface area contributed by atoms with Crippen molar-refractivity contribution in [1.29, 1.82) is 0 Å². The average Bonchev–Trinajstić information content (AvgIpc) is 2.95. The molecule has 3 aromatic carbocycles. The summed E-state index contributed by atoms with van der Waals surface area (Å²) in [7, 11) is 0. The maximum absolute atomic E-state index is 13.3. The molecule has 8 nitrogen and oxygen atoms in total. The first kappa shape index (κ1) is 30.0. The highest BCUT2D eigenvalue weighted by atomic mass is 16.5. The van der Waals surface area contributed by atoms with Crippen LogP contribution in [0.3, 0.4) is 0 Å². The Labute approximate surface area is 234 Å². The number of benzene rings is 3. The van der Waals surface area contributed by atoms with E-state index in [1.54, 1.807) is 26.0 Å². The molecule has 0 saturated heterocycles. The van der Waals surface area contributed by atoms with Crippen molar-refractivity contribution in [3.8, 4) is 0 Å². The van der Waals surface area contributed by atoms with Gasteiger partial charge in [-0.1, -0.05) is 97.8 Å². The third-order valence-corrected chi connectivity index (χ3v) is 6.05. The first-order valence-electron chi connectivity index (χ1n) is 13.3. The molecule has 8 heteroatoms. The summed E-state index contributed by atoms with van der Waals surface area (Å²) in [5.41, 5.74) is 2.44. The zero-order valence-electron chi connectivity index (χ0n) is 23.1. The van der Waals surface area contributed by atoms with E-state index in [0.717, 1.165) is 21.9 Å². The van der Waals surface area contributed by atoms with Gasteiger partial charge in [0.2, 0.25) is 11.8 Å². The van der Waals surface area contributed by atoms with Gasteiger partial charge in [-0.25, -0.2) is 4.79 Å². The van der Waals surface area contributed by atoms with Gasteiger partial charge in [-0.15, -0.1) is 0 Å². The molecule has 2 atom stereocenters. The van der Waals surface area contributed by atoms with Gasteiger partial charge in [-0.2, -0.15) is 4.99 Å². The molecule has 3 rings (SSSR count). The second kappa shape index (κ2) is 15.1. The summed E-state index contributed by atoms with van der Waals surface area (Å²) >= 11 is 0. The predicted octanol–water partition coefficient (Wildman–Crippen LogP) is 5.29. The number of aldehydes is 1. The Kier molecular flexibility index (Phi) is 11.3. The molecule has 0 aliphatic carbocycles. The Bertz CT molecular complexity index is 1390. The molecule has 0 aliphatic heterocycles. The van der Waals surface area contributed by atoms with E-state index in [-0.39, 0.29) is 18.7 Å². The third-order valence-electron chi connectivity index (χ3n) is 6.05. The minimum Gasteiger partial charge on any atom is -0.443 e. The Morgan fingerprint density at radius 1 is 0.925 bits per heavy atom. The quantitative estimate of drug-likeness (QED) is 0.184. The predicted molar refractivity (Wildman–Crippen MR) is 156 cm³/mol. The maximum Gasteiger partial charge on any atom is 0.434 e. The van der Waals surface area contributed by atoms with Crippen molar-refractivity contribution >= 4 is 40.7 Å². The topological polar surface area (TPSA) is 114 Å². The molecule has 0 spiro atoms. The summed E-state index contributed by atoms with van der Waals surface area (Å²) in [5, 5.41) is 7.14. The third kappa shape index (κ3) is 9.01. The lowest BCUT2D eigenvalue weighted by Crippen LogP contribution is -2.49. The van der Waals surface area contributed by atoms with E-state index in [2.05, 4.69) is 15.6 Å². The molecule has 0 aromatic heterocycles. The highest BCUT2D eigenvalue weighted by molar-refractivity contribution is 6.19. The van der Waals surface area contributed by atoms with Crippen LogP contribution in [0.25, 0.3) is 10.8 Å². The molecule has 0 heterocycles. The summed E-state index contributed by atoms with van der Waals surface area (Å²) < 4.78 is 5.36. The number of aliphatic imine (C=N–C) groups is 1. The number of fused-ring (bicyclic) bond motifs is 1. The number of carbonyl (C=O) groups excluding carboxylic acids is 4. The number of amides is 3. The lowest BCUT2D eigenvalue weighted by atomic mass is 9.99. The molecule has 0 saturated carbocycles. The standard InChI is InChI=1S/C32H35N3O5/c1-4-11-25(20-36)33-31(38)29(18-22(2)3)34-30(37)19-28(27-17-10-15-24-14-8-9-16-26(24)27)35-32(39)40-21-23-12-6-5-7-13-23/h5-10,12-18,20,25,29H,4,11,19,21H2,1-3H3,(H,33,38)(H,34,37)/b35-28-/t25-,29-/m0/s1. The number of allylic oxidation sites excluding steroid dienone is 1. The monoisotopic (exact) mass is 541 g/mol. The van der Waals surface area contributed by atoms with Crippen LogP contribution in [0.5, 0.6) is 0 Å². The van der Waals surface area contributed by atoms with Crippen LogP contribution in [-0.4, -0.2) is 42.0 Å². The van der Waals surface area contributed by atoms with Crippen LogP contribution in [0.15, 0.2) is 89.4 Å². The molecular weight excluding hydrogens is 506 g/mol. The van der Waals surface area contributed by atoms with Crippen molar-refractivity contribution in [2.45, 2.75) is 58.7 Å². The number of hydrogen-bond donors (Lipinski definition) is 2. The van der Waals surface area contributed by atoms with E-state index in [1.165, 1.54) is 0 Å². The second-order valence-corrected chi connectivity index (χ2v) is 9.63. The highest BCUT2D eigenvalue weighted by Crippen LogP contribution is 2.21. The van der Waals surface area contributed by atoms with Crippen molar-refractivity contribution in [2.24, 2.45) is 4.99 Å². The minimum atomic E-state index is -1.00. The molecule has 0 unspecified atom stereocenters. The first-order chi connectivity index (χ1) is 19.3. The van der Waals surface area contributed by atoms with Crippen LogP contribution >= 0.6 is 0 Å². The van der Waals surface area contributed by atoms with Crippen molar-refractivity contribution in [1.82, 2.24) is 10.6 Å². The first-order valence-corrected chi connectivity index (χ1v) is 13.3. The van der Waals surface area contributed by atoms with E-state index in [4.69, 9.17) is 4.74 Å². The molecule has 3 amide bonds. The van der Waals surface area contributed by atoms with Gasteiger partial charge in [0.1, 0.15) is 18.9 Å². The Hall–Kier alpha value is -4.59. The average molecular weight is 542 g/mol. The van der Waals surface area contributed by atoms with Gasteiger partial charge < -0.3 is 20.2 Å². The van der Waals surface area contributed by atoms with Crippen molar-refractivity contribution in [3.63, 3.8) is 0 Å². The van der Waals surface area contributed by atoms with Crippen LogP contribution in [-0.2, 0) is 25.7 Å². The summed E-state index contributed by atoms with van der Waals surface area (Å²) in [4.78, 5) is 54.6. The number of ether oxygens (including phenoxy) is 1. The van der Waals surface area contributed by atoms with Crippen molar-refractivity contribution < 1.29 is 23.9 Å². The molecule has 0 radical (unpaired) electrons. The van der Waals surface area contributed by atoms with Gasteiger partial charge in [0, 0.05) is 5.56 Å². The van der Waals surface area contributed by atoms with E-state index < -0.39 is 30.0 Å². The zero-order chi connectivity index (χ0) is 28.9. The van der Waals surface area contributed by atoms with Gasteiger partial charge in [0.25, 0.3) is 0 Å². The van der Waals surface area contributed by atoms with Crippen LogP contribution < -0.4 is 10.6 Å². The number of nitrogens with zero attached hydrogens (tertiary/aromatic N) is 1. The fourth-order valence-electron chi connectivity index (χ4n) is 4.18. The van der Waals surface area contributed by atoms with Gasteiger partial charge in [-0.3, -0.25) is 9.59 Å². The normalized spacial score (nSPS) is 12.6. The number of rotatable bonds is 12.